The number of aryl methyl sites for hydroxylation is 1. The van der Waals surface area contributed by atoms with Crippen LogP contribution in [0.5, 0.6) is 11.5 Å². The molecule has 0 aliphatic rings. The number of aromatic nitrogens is 1. The first kappa shape index (κ1) is 13.8. The third-order valence-corrected chi connectivity index (χ3v) is 2.87. The first-order valence-electron chi connectivity index (χ1n) is 6.18. The first-order chi connectivity index (χ1) is 9.04. The molecule has 1 aromatic carbocycles. The van der Waals surface area contributed by atoms with Gasteiger partial charge >= 0.3 is 0 Å². The first-order valence-corrected chi connectivity index (χ1v) is 6.56. The Morgan fingerprint density at radius 2 is 2.11 bits per heavy atom. The van der Waals surface area contributed by atoms with Gasteiger partial charge in [-0.25, -0.2) is 0 Å². The van der Waals surface area contributed by atoms with Crippen molar-refractivity contribution in [2.45, 2.75) is 26.3 Å². The molecule has 0 aliphatic heterocycles. The average Bonchev–Trinajstić information content (AvgIpc) is 2.32. The molecule has 2 N–H and O–H groups in total. The van der Waals surface area contributed by atoms with Crippen molar-refractivity contribution in [3.05, 3.63) is 52.8 Å². The summed E-state index contributed by atoms with van der Waals surface area (Å²) >= 11 is 5.90. The number of hydrogen-bond donors (Lipinski definition) is 1. The zero-order valence-electron chi connectivity index (χ0n) is 11.1. The van der Waals surface area contributed by atoms with Crippen LogP contribution in [-0.2, 0) is 6.42 Å². The van der Waals surface area contributed by atoms with E-state index in [1.807, 2.05) is 19.1 Å². The lowest BCUT2D eigenvalue weighted by molar-refractivity contribution is 0.471. The van der Waals surface area contributed by atoms with Gasteiger partial charge in [0.15, 0.2) is 0 Å². The summed E-state index contributed by atoms with van der Waals surface area (Å²) in [6.45, 7) is 4.03. The normalized spacial score (nSPS) is 12.2. The van der Waals surface area contributed by atoms with Crippen molar-refractivity contribution >= 4 is 11.6 Å². The van der Waals surface area contributed by atoms with E-state index in [1.165, 1.54) is 5.56 Å². The van der Waals surface area contributed by atoms with Crippen molar-refractivity contribution in [1.29, 1.82) is 0 Å². The molecular weight excluding hydrogens is 260 g/mol. The Kier molecular flexibility index (Phi) is 4.40. The molecule has 1 unspecified atom stereocenters. The van der Waals surface area contributed by atoms with Crippen LogP contribution in [0.15, 0.2) is 36.7 Å². The van der Waals surface area contributed by atoms with E-state index < -0.39 is 0 Å². The minimum Gasteiger partial charge on any atom is -0.455 e. The fourth-order valence-electron chi connectivity index (χ4n) is 1.89. The molecule has 2 aromatic rings. The molecule has 0 aliphatic carbocycles. The number of benzene rings is 1. The second-order valence-electron chi connectivity index (χ2n) is 4.73. The largest absolute Gasteiger partial charge is 0.455 e. The second kappa shape index (κ2) is 6.04. The Balaban J connectivity index is 2.28. The van der Waals surface area contributed by atoms with Gasteiger partial charge in [-0.05, 0) is 31.9 Å². The van der Waals surface area contributed by atoms with Crippen LogP contribution in [0.25, 0.3) is 0 Å². The number of rotatable bonds is 4. The Morgan fingerprint density at radius 3 is 2.79 bits per heavy atom. The van der Waals surface area contributed by atoms with Crippen LogP contribution >= 0.6 is 11.6 Å². The Morgan fingerprint density at radius 1 is 1.32 bits per heavy atom. The van der Waals surface area contributed by atoms with E-state index in [4.69, 9.17) is 22.1 Å². The van der Waals surface area contributed by atoms with Gasteiger partial charge in [0, 0.05) is 18.3 Å². The standard InChI is InChI=1S/C15H17ClN2O/c1-10-3-4-15(12(5-10)6-11(2)17)19-14-7-13(16)8-18-9-14/h3-5,7-9,11H,6,17H2,1-2H3. The number of ether oxygens (including phenoxy) is 1. The Bertz CT molecular complexity index is 570. The number of pyridine rings is 1. The van der Waals surface area contributed by atoms with Crippen molar-refractivity contribution in [1.82, 2.24) is 4.98 Å². The molecule has 0 saturated carbocycles. The molecule has 0 fully saturated rings. The SMILES string of the molecule is Cc1ccc(Oc2cncc(Cl)c2)c(CC(C)N)c1. The number of hydrogen-bond acceptors (Lipinski definition) is 3. The predicted octanol–water partition coefficient (Wildman–Crippen LogP) is 3.73. The molecule has 0 saturated heterocycles. The lowest BCUT2D eigenvalue weighted by atomic mass is 10.0. The number of nitrogens with zero attached hydrogens (tertiary/aromatic N) is 1. The van der Waals surface area contributed by atoms with Gasteiger partial charge < -0.3 is 10.5 Å². The van der Waals surface area contributed by atoms with Gasteiger partial charge in [-0.1, -0.05) is 29.3 Å². The van der Waals surface area contributed by atoms with Crippen molar-refractivity contribution in [2.24, 2.45) is 5.73 Å². The van der Waals surface area contributed by atoms with Gasteiger partial charge in [0.2, 0.25) is 0 Å². The second-order valence-corrected chi connectivity index (χ2v) is 5.17. The maximum absolute atomic E-state index is 5.90. The van der Waals surface area contributed by atoms with Gasteiger partial charge in [-0.15, -0.1) is 0 Å². The van der Waals surface area contributed by atoms with Crippen LogP contribution in [0.1, 0.15) is 18.1 Å². The quantitative estimate of drug-likeness (QED) is 0.926. The molecule has 2 rings (SSSR count). The maximum Gasteiger partial charge on any atom is 0.147 e. The monoisotopic (exact) mass is 276 g/mol. The molecule has 1 atom stereocenters. The summed E-state index contributed by atoms with van der Waals surface area (Å²) in [7, 11) is 0. The van der Waals surface area contributed by atoms with Crippen molar-refractivity contribution in [2.75, 3.05) is 0 Å². The smallest absolute Gasteiger partial charge is 0.147 e. The minimum atomic E-state index is 0.0848. The third kappa shape index (κ3) is 3.94. The van der Waals surface area contributed by atoms with Crippen LogP contribution < -0.4 is 10.5 Å². The zero-order chi connectivity index (χ0) is 13.8. The molecule has 1 aromatic heterocycles. The van der Waals surface area contributed by atoms with E-state index in [0.717, 1.165) is 17.7 Å². The summed E-state index contributed by atoms with van der Waals surface area (Å²) in [6, 6.07) is 7.88. The molecular formula is C15H17ClN2O. The van der Waals surface area contributed by atoms with Crippen LogP contribution in [0.3, 0.4) is 0 Å². The lowest BCUT2D eigenvalue weighted by Crippen LogP contribution is -2.18. The van der Waals surface area contributed by atoms with Crippen molar-refractivity contribution < 1.29 is 4.74 Å². The lowest BCUT2D eigenvalue weighted by Gasteiger charge is -2.13. The fraction of sp³-hybridized carbons (Fsp3) is 0.267. The maximum atomic E-state index is 5.90. The summed E-state index contributed by atoms with van der Waals surface area (Å²) in [6.07, 6.45) is 3.98. The van der Waals surface area contributed by atoms with Gasteiger partial charge in [-0.2, -0.15) is 0 Å². The summed E-state index contributed by atoms with van der Waals surface area (Å²) in [5, 5.41) is 0.554. The molecule has 1 heterocycles. The topological polar surface area (TPSA) is 48.1 Å². The molecule has 0 amide bonds. The zero-order valence-corrected chi connectivity index (χ0v) is 11.8. The van der Waals surface area contributed by atoms with Crippen LogP contribution in [-0.4, -0.2) is 11.0 Å². The molecule has 19 heavy (non-hydrogen) atoms. The minimum absolute atomic E-state index is 0.0848. The highest BCUT2D eigenvalue weighted by Gasteiger charge is 2.08. The van der Waals surface area contributed by atoms with E-state index >= 15 is 0 Å². The molecule has 100 valence electrons. The van der Waals surface area contributed by atoms with Crippen LogP contribution in [0, 0.1) is 6.92 Å². The Labute approximate surface area is 118 Å². The third-order valence-electron chi connectivity index (χ3n) is 2.67. The highest BCUT2D eigenvalue weighted by atomic mass is 35.5. The van der Waals surface area contributed by atoms with E-state index in [9.17, 15) is 0 Å². The highest BCUT2D eigenvalue weighted by Crippen LogP contribution is 2.28. The Hall–Kier alpha value is -1.58. The summed E-state index contributed by atoms with van der Waals surface area (Å²) in [5.74, 6) is 1.43. The molecule has 4 heteroatoms. The number of nitrogens with two attached hydrogens (primary N) is 1. The molecule has 0 bridgehead atoms. The molecule has 0 spiro atoms. The van der Waals surface area contributed by atoms with E-state index in [-0.39, 0.29) is 6.04 Å². The highest BCUT2D eigenvalue weighted by molar-refractivity contribution is 6.30. The predicted molar refractivity (Wildman–Crippen MR) is 77.9 cm³/mol. The van der Waals surface area contributed by atoms with Crippen molar-refractivity contribution in [3.8, 4) is 11.5 Å². The van der Waals surface area contributed by atoms with Gasteiger partial charge in [0.05, 0.1) is 11.2 Å². The van der Waals surface area contributed by atoms with Crippen molar-refractivity contribution in [3.63, 3.8) is 0 Å². The van der Waals surface area contributed by atoms with Crippen LogP contribution in [0.4, 0.5) is 0 Å². The van der Waals surface area contributed by atoms with Gasteiger partial charge in [0.25, 0.3) is 0 Å². The molecule has 3 nitrogen and oxygen atoms in total. The summed E-state index contributed by atoms with van der Waals surface area (Å²) in [4.78, 5) is 4.01. The average molecular weight is 277 g/mol. The fourth-order valence-corrected chi connectivity index (χ4v) is 2.05. The number of halogens is 1. The van der Waals surface area contributed by atoms with Gasteiger partial charge in [0.1, 0.15) is 11.5 Å². The van der Waals surface area contributed by atoms with Gasteiger partial charge in [-0.3, -0.25) is 4.98 Å². The van der Waals surface area contributed by atoms with E-state index in [1.54, 1.807) is 18.5 Å². The summed E-state index contributed by atoms with van der Waals surface area (Å²) in [5.41, 5.74) is 8.15. The van der Waals surface area contributed by atoms with E-state index in [0.29, 0.717) is 10.8 Å². The van der Waals surface area contributed by atoms with E-state index in [2.05, 4.69) is 18.0 Å². The van der Waals surface area contributed by atoms with Crippen LogP contribution in [0.2, 0.25) is 5.02 Å². The molecule has 0 radical (unpaired) electrons. The summed E-state index contributed by atoms with van der Waals surface area (Å²) < 4.78 is 5.84.